The molecule has 0 radical (unpaired) electrons. The summed E-state index contributed by atoms with van der Waals surface area (Å²) in [5.41, 5.74) is 6.29. The Morgan fingerprint density at radius 3 is 2.00 bits per heavy atom. The monoisotopic (exact) mass is 459 g/mol. The Bertz CT molecular complexity index is 1190. The number of amides is 1. The van der Waals surface area contributed by atoms with E-state index in [9.17, 15) is 14.4 Å². The van der Waals surface area contributed by atoms with Crippen molar-refractivity contribution in [2.24, 2.45) is 0 Å². The van der Waals surface area contributed by atoms with E-state index in [1.807, 2.05) is 36.4 Å². The first kappa shape index (κ1) is 23.0. The third kappa shape index (κ3) is 5.26. The summed E-state index contributed by atoms with van der Waals surface area (Å²) in [7, 11) is 0. The number of carbonyl (C=O) groups excluding carboxylic acids is 1. The highest BCUT2D eigenvalue weighted by atomic mass is 16.5. The van der Waals surface area contributed by atoms with E-state index in [1.165, 1.54) is 0 Å². The first-order valence-corrected chi connectivity index (χ1v) is 11.1. The van der Waals surface area contributed by atoms with Gasteiger partial charge in [-0.1, -0.05) is 60.7 Å². The maximum Gasteiger partial charge on any atom is 0.411 e. The molecule has 1 aliphatic carbocycles. The van der Waals surface area contributed by atoms with Gasteiger partial charge in [0.05, 0.1) is 0 Å². The molecule has 0 atom stereocenters. The van der Waals surface area contributed by atoms with Crippen LogP contribution in [0.1, 0.15) is 41.0 Å². The van der Waals surface area contributed by atoms with E-state index in [0.717, 1.165) is 27.8 Å². The lowest BCUT2D eigenvalue weighted by molar-refractivity contribution is -0.138. The summed E-state index contributed by atoms with van der Waals surface area (Å²) in [6, 6.07) is 21.3. The van der Waals surface area contributed by atoms with E-state index in [-0.39, 0.29) is 31.8 Å². The van der Waals surface area contributed by atoms with Gasteiger partial charge in [0, 0.05) is 24.4 Å². The zero-order valence-corrected chi connectivity index (χ0v) is 18.5. The van der Waals surface area contributed by atoms with Gasteiger partial charge in [-0.15, -0.1) is 0 Å². The maximum atomic E-state index is 12.7. The summed E-state index contributed by atoms with van der Waals surface area (Å²) in [6.07, 6.45) is -0.248. The third-order valence-corrected chi connectivity index (χ3v) is 5.99. The van der Waals surface area contributed by atoms with Gasteiger partial charge in [0.15, 0.2) is 0 Å². The molecule has 34 heavy (non-hydrogen) atoms. The summed E-state index contributed by atoms with van der Waals surface area (Å²) in [5.74, 6) is -1.94. The number of carboxylic acids is 2. The molecule has 7 nitrogen and oxygen atoms in total. The molecular formula is C27H25NO6. The van der Waals surface area contributed by atoms with Crippen LogP contribution < -0.4 is 5.32 Å². The predicted molar refractivity (Wildman–Crippen MR) is 127 cm³/mol. The molecule has 174 valence electrons. The molecule has 7 heteroatoms. The highest BCUT2D eigenvalue weighted by Gasteiger charge is 2.29. The van der Waals surface area contributed by atoms with E-state index in [2.05, 4.69) is 17.4 Å². The number of benzene rings is 3. The second kappa shape index (κ2) is 10.2. The van der Waals surface area contributed by atoms with E-state index in [1.54, 1.807) is 18.2 Å². The van der Waals surface area contributed by atoms with Crippen LogP contribution >= 0.6 is 0 Å². The minimum atomic E-state index is -0.943. The van der Waals surface area contributed by atoms with Crippen LogP contribution in [0.25, 0.3) is 11.1 Å². The fourth-order valence-electron chi connectivity index (χ4n) is 4.35. The Hall–Kier alpha value is -4.13. The van der Waals surface area contributed by atoms with Crippen molar-refractivity contribution < 1.29 is 29.3 Å². The fourth-order valence-corrected chi connectivity index (χ4v) is 4.35. The highest BCUT2D eigenvalue weighted by Crippen LogP contribution is 2.44. The van der Waals surface area contributed by atoms with Crippen molar-refractivity contribution in [3.05, 3.63) is 89.0 Å². The number of aryl methyl sites for hydroxylation is 2. The van der Waals surface area contributed by atoms with Gasteiger partial charge < -0.3 is 14.9 Å². The molecule has 0 saturated carbocycles. The lowest BCUT2D eigenvalue weighted by atomic mass is 9.98. The molecule has 1 aliphatic rings. The van der Waals surface area contributed by atoms with Crippen LogP contribution in [0.5, 0.6) is 0 Å². The first-order valence-electron chi connectivity index (χ1n) is 11.1. The molecule has 0 spiro atoms. The number of hydrogen-bond acceptors (Lipinski definition) is 4. The molecule has 0 aliphatic heterocycles. The molecule has 0 unspecified atom stereocenters. The molecule has 0 aromatic heterocycles. The number of carboxylic acid groups (broad SMARTS) is 2. The standard InChI is InChI=1S/C27H25NO6/c29-25(30)13-10-17-9-11-18(12-14-26(31)32)24(15-17)28-27(33)34-16-23-21-7-3-1-5-19(21)20-6-2-4-8-22(20)23/h1-9,11,15,23H,10,12-14,16H2,(H,28,33)(H,29,30)(H,31,32). The van der Waals surface area contributed by atoms with Crippen molar-refractivity contribution in [1.29, 1.82) is 0 Å². The second-order valence-corrected chi connectivity index (χ2v) is 8.23. The number of hydrogen-bond donors (Lipinski definition) is 3. The van der Waals surface area contributed by atoms with Crippen molar-refractivity contribution in [2.45, 2.75) is 31.6 Å². The fraction of sp³-hybridized carbons (Fsp3) is 0.222. The van der Waals surface area contributed by atoms with Gasteiger partial charge in [-0.3, -0.25) is 14.9 Å². The Morgan fingerprint density at radius 1 is 0.794 bits per heavy atom. The molecule has 3 N–H and O–H groups in total. The molecule has 1 amide bonds. The number of fused-ring (bicyclic) bond motifs is 3. The Labute approximate surface area is 197 Å². The minimum absolute atomic E-state index is 0.0428. The molecule has 0 bridgehead atoms. The number of ether oxygens (including phenoxy) is 1. The second-order valence-electron chi connectivity index (χ2n) is 8.23. The van der Waals surface area contributed by atoms with Gasteiger partial charge in [0.25, 0.3) is 0 Å². The van der Waals surface area contributed by atoms with Gasteiger partial charge in [0.1, 0.15) is 6.61 Å². The van der Waals surface area contributed by atoms with Crippen LogP contribution in [0.2, 0.25) is 0 Å². The molecule has 0 heterocycles. The average molecular weight is 459 g/mol. The summed E-state index contributed by atoms with van der Waals surface area (Å²) in [4.78, 5) is 34.7. The quantitative estimate of drug-likeness (QED) is 0.411. The van der Waals surface area contributed by atoms with Crippen molar-refractivity contribution in [2.75, 3.05) is 11.9 Å². The van der Waals surface area contributed by atoms with Crippen LogP contribution in [-0.2, 0) is 27.2 Å². The van der Waals surface area contributed by atoms with E-state index < -0.39 is 18.0 Å². The zero-order chi connectivity index (χ0) is 24.1. The van der Waals surface area contributed by atoms with E-state index in [4.69, 9.17) is 14.9 Å². The molecule has 3 aromatic carbocycles. The molecule has 0 saturated heterocycles. The van der Waals surface area contributed by atoms with Gasteiger partial charge in [0.2, 0.25) is 0 Å². The van der Waals surface area contributed by atoms with E-state index in [0.29, 0.717) is 17.7 Å². The van der Waals surface area contributed by atoms with Gasteiger partial charge in [-0.25, -0.2) is 4.79 Å². The topological polar surface area (TPSA) is 113 Å². The van der Waals surface area contributed by atoms with Crippen LogP contribution in [-0.4, -0.2) is 34.9 Å². The largest absolute Gasteiger partial charge is 0.481 e. The minimum Gasteiger partial charge on any atom is -0.481 e. The molecule has 4 rings (SSSR count). The van der Waals surface area contributed by atoms with Crippen molar-refractivity contribution in [3.63, 3.8) is 0 Å². The lowest BCUT2D eigenvalue weighted by Crippen LogP contribution is -2.19. The van der Waals surface area contributed by atoms with Gasteiger partial charge in [-0.2, -0.15) is 0 Å². The van der Waals surface area contributed by atoms with Crippen LogP contribution in [0, 0.1) is 0 Å². The zero-order valence-electron chi connectivity index (χ0n) is 18.5. The Morgan fingerprint density at radius 2 is 1.38 bits per heavy atom. The van der Waals surface area contributed by atoms with Gasteiger partial charge in [-0.05, 0) is 52.3 Å². The number of rotatable bonds is 9. The smallest absolute Gasteiger partial charge is 0.411 e. The first-order chi connectivity index (χ1) is 16.4. The molecule has 3 aromatic rings. The van der Waals surface area contributed by atoms with Crippen LogP contribution in [0.15, 0.2) is 66.7 Å². The number of nitrogens with one attached hydrogen (secondary N) is 1. The van der Waals surface area contributed by atoms with Crippen LogP contribution in [0.4, 0.5) is 10.5 Å². The van der Waals surface area contributed by atoms with Crippen molar-refractivity contribution >= 4 is 23.7 Å². The highest BCUT2D eigenvalue weighted by molar-refractivity contribution is 5.86. The third-order valence-electron chi connectivity index (χ3n) is 5.99. The summed E-state index contributed by atoms with van der Waals surface area (Å²) >= 11 is 0. The molecule has 0 fully saturated rings. The SMILES string of the molecule is O=C(O)CCc1ccc(CCC(=O)O)c(NC(=O)OCC2c3ccccc3-c3ccccc32)c1. The summed E-state index contributed by atoms with van der Waals surface area (Å²) in [5, 5.41) is 20.7. The predicted octanol–water partition coefficient (Wildman–Crippen LogP) is 5.08. The normalized spacial score (nSPS) is 12.0. The number of aliphatic carboxylic acids is 2. The summed E-state index contributed by atoms with van der Waals surface area (Å²) in [6.45, 7) is 0.156. The number of carbonyl (C=O) groups is 3. The van der Waals surface area contributed by atoms with Crippen molar-refractivity contribution in [1.82, 2.24) is 0 Å². The van der Waals surface area contributed by atoms with E-state index >= 15 is 0 Å². The van der Waals surface area contributed by atoms with Crippen molar-refractivity contribution in [3.8, 4) is 11.1 Å². The van der Waals surface area contributed by atoms with Crippen LogP contribution in [0.3, 0.4) is 0 Å². The number of anilines is 1. The average Bonchev–Trinajstić information content (AvgIpc) is 3.14. The summed E-state index contributed by atoms with van der Waals surface area (Å²) < 4.78 is 5.60. The lowest BCUT2D eigenvalue weighted by Gasteiger charge is -2.16. The Kier molecular flexibility index (Phi) is 6.92. The van der Waals surface area contributed by atoms with Gasteiger partial charge >= 0.3 is 18.0 Å². The molecular weight excluding hydrogens is 434 g/mol. The Balaban J connectivity index is 1.48. The maximum absolute atomic E-state index is 12.7.